The van der Waals surface area contributed by atoms with Gasteiger partial charge in [-0.1, -0.05) is 84.9 Å². The van der Waals surface area contributed by atoms with E-state index in [0.717, 1.165) is 22.0 Å². The van der Waals surface area contributed by atoms with Crippen molar-refractivity contribution in [3.8, 4) is 27.9 Å². The van der Waals surface area contributed by atoms with Gasteiger partial charge in [0.1, 0.15) is 0 Å². The minimum Gasteiger partial charge on any atom is -0.309 e. The average molecular weight is 548 g/mol. The molecule has 200 valence electrons. The minimum atomic E-state index is 1.03. The maximum Gasteiger partial charge on any atom is 0.0802 e. The van der Waals surface area contributed by atoms with Gasteiger partial charge in [0, 0.05) is 45.7 Å². The Labute approximate surface area is 248 Å². The molecule has 0 aliphatic carbocycles. The first kappa shape index (κ1) is 23.9. The molecule has 3 heterocycles. The number of fused-ring (bicyclic) bond motifs is 7. The van der Waals surface area contributed by atoms with Crippen LogP contribution in [-0.4, -0.2) is 14.5 Å². The standard InChI is InChI=1S/C40H25N3/c1-2-10-34-26(6-1)7-3-11-36(34)43-37-18-17-32(24-35(37)39-38(43)19-16-27-8-5-21-42-40(27)39)30-13-12-29-23-31(15-14-28(29)22-30)33-9-4-20-41-25-33/h1-25H. The Kier molecular flexibility index (Phi) is 5.20. The number of rotatable bonds is 3. The van der Waals surface area contributed by atoms with Crippen molar-refractivity contribution >= 4 is 54.3 Å². The van der Waals surface area contributed by atoms with E-state index in [2.05, 4.69) is 131 Å². The Morgan fingerprint density at radius 1 is 0.442 bits per heavy atom. The zero-order chi connectivity index (χ0) is 28.3. The van der Waals surface area contributed by atoms with E-state index in [1.165, 1.54) is 60.2 Å². The lowest BCUT2D eigenvalue weighted by atomic mass is 9.97. The molecule has 0 N–H and O–H groups in total. The number of hydrogen-bond acceptors (Lipinski definition) is 2. The summed E-state index contributed by atoms with van der Waals surface area (Å²) in [5.74, 6) is 0. The minimum absolute atomic E-state index is 1.03. The van der Waals surface area contributed by atoms with E-state index in [1.54, 1.807) is 0 Å². The van der Waals surface area contributed by atoms with Crippen LogP contribution in [0.15, 0.2) is 152 Å². The van der Waals surface area contributed by atoms with Crippen molar-refractivity contribution in [2.75, 3.05) is 0 Å². The highest BCUT2D eigenvalue weighted by Gasteiger charge is 2.18. The molecule has 0 radical (unpaired) electrons. The van der Waals surface area contributed by atoms with E-state index in [4.69, 9.17) is 4.98 Å². The van der Waals surface area contributed by atoms with Crippen LogP contribution in [-0.2, 0) is 0 Å². The van der Waals surface area contributed by atoms with Gasteiger partial charge in [-0.3, -0.25) is 9.97 Å². The Morgan fingerprint density at radius 2 is 1.14 bits per heavy atom. The molecule has 3 heteroatoms. The summed E-state index contributed by atoms with van der Waals surface area (Å²) in [6.07, 6.45) is 5.62. The third kappa shape index (κ3) is 3.75. The largest absolute Gasteiger partial charge is 0.309 e. The molecule has 9 aromatic rings. The molecule has 0 aliphatic rings. The van der Waals surface area contributed by atoms with Crippen molar-refractivity contribution in [3.05, 3.63) is 152 Å². The predicted octanol–water partition coefficient (Wildman–Crippen LogP) is 10.4. The zero-order valence-corrected chi connectivity index (χ0v) is 23.3. The lowest BCUT2D eigenvalue weighted by Crippen LogP contribution is -1.95. The molecular weight excluding hydrogens is 522 g/mol. The van der Waals surface area contributed by atoms with Gasteiger partial charge in [-0.25, -0.2) is 0 Å². The molecule has 0 atom stereocenters. The summed E-state index contributed by atoms with van der Waals surface area (Å²) in [4.78, 5) is 9.18. The zero-order valence-electron chi connectivity index (χ0n) is 23.3. The van der Waals surface area contributed by atoms with Gasteiger partial charge in [-0.15, -0.1) is 0 Å². The smallest absolute Gasteiger partial charge is 0.0802 e. The van der Waals surface area contributed by atoms with E-state index >= 15 is 0 Å². The first-order chi connectivity index (χ1) is 21.3. The van der Waals surface area contributed by atoms with Crippen LogP contribution < -0.4 is 0 Å². The summed E-state index contributed by atoms with van der Waals surface area (Å²) < 4.78 is 2.41. The number of aromatic nitrogens is 3. The molecule has 9 rings (SSSR count). The van der Waals surface area contributed by atoms with Crippen LogP contribution in [0, 0.1) is 0 Å². The van der Waals surface area contributed by atoms with Gasteiger partial charge in [-0.05, 0) is 81.4 Å². The second kappa shape index (κ2) is 9.37. The molecule has 3 nitrogen and oxygen atoms in total. The fraction of sp³-hybridized carbons (Fsp3) is 0. The highest BCUT2D eigenvalue weighted by molar-refractivity contribution is 6.21. The summed E-state index contributed by atoms with van der Waals surface area (Å²) in [6, 6.07) is 48.1. The number of nitrogens with zero attached hydrogens (tertiary/aromatic N) is 3. The summed E-state index contributed by atoms with van der Waals surface area (Å²) in [6.45, 7) is 0. The Bertz CT molecular complexity index is 2500. The summed E-state index contributed by atoms with van der Waals surface area (Å²) in [7, 11) is 0. The SMILES string of the molecule is c1cncc(-c2ccc3cc(-c4ccc5c(c4)c4c6ncccc6ccc4n5-c4cccc5ccccc45)ccc3c2)c1. The number of hydrogen-bond donors (Lipinski definition) is 0. The van der Waals surface area contributed by atoms with E-state index in [0.29, 0.717) is 0 Å². The van der Waals surface area contributed by atoms with Crippen molar-refractivity contribution in [1.29, 1.82) is 0 Å². The average Bonchev–Trinajstić information content (AvgIpc) is 3.42. The van der Waals surface area contributed by atoms with Gasteiger partial charge in [0.05, 0.1) is 22.2 Å². The van der Waals surface area contributed by atoms with Crippen molar-refractivity contribution in [2.45, 2.75) is 0 Å². The van der Waals surface area contributed by atoms with Crippen LogP contribution >= 0.6 is 0 Å². The van der Waals surface area contributed by atoms with E-state index in [-0.39, 0.29) is 0 Å². The quantitative estimate of drug-likeness (QED) is 0.220. The Hall–Kier alpha value is -5.80. The molecule has 43 heavy (non-hydrogen) atoms. The molecule has 0 saturated carbocycles. The fourth-order valence-electron chi connectivity index (χ4n) is 6.63. The van der Waals surface area contributed by atoms with Crippen LogP contribution in [0.5, 0.6) is 0 Å². The molecule has 0 bridgehead atoms. The number of benzene rings is 6. The normalized spacial score (nSPS) is 11.7. The molecule has 0 aliphatic heterocycles. The molecule has 0 spiro atoms. The van der Waals surface area contributed by atoms with Gasteiger partial charge in [0.2, 0.25) is 0 Å². The van der Waals surface area contributed by atoms with Gasteiger partial charge in [0.25, 0.3) is 0 Å². The summed E-state index contributed by atoms with van der Waals surface area (Å²) >= 11 is 0. The molecule has 6 aromatic carbocycles. The second-order valence-electron chi connectivity index (χ2n) is 11.1. The third-order valence-electron chi connectivity index (χ3n) is 8.68. The Balaban J connectivity index is 1.28. The van der Waals surface area contributed by atoms with Crippen LogP contribution in [0.4, 0.5) is 0 Å². The van der Waals surface area contributed by atoms with Crippen LogP contribution in [0.2, 0.25) is 0 Å². The molecule has 0 fully saturated rings. The van der Waals surface area contributed by atoms with Crippen LogP contribution in [0.25, 0.3) is 82.2 Å². The monoisotopic (exact) mass is 547 g/mol. The molecule has 3 aromatic heterocycles. The highest BCUT2D eigenvalue weighted by Crippen LogP contribution is 2.40. The molecule has 0 amide bonds. The van der Waals surface area contributed by atoms with Crippen molar-refractivity contribution in [3.63, 3.8) is 0 Å². The molecule has 0 unspecified atom stereocenters. The van der Waals surface area contributed by atoms with Crippen molar-refractivity contribution in [2.24, 2.45) is 0 Å². The van der Waals surface area contributed by atoms with Crippen LogP contribution in [0.3, 0.4) is 0 Å². The topological polar surface area (TPSA) is 30.7 Å². The highest BCUT2D eigenvalue weighted by atomic mass is 15.0. The second-order valence-corrected chi connectivity index (χ2v) is 11.1. The number of pyridine rings is 2. The van der Waals surface area contributed by atoms with Gasteiger partial charge in [0.15, 0.2) is 0 Å². The maximum atomic E-state index is 4.89. The van der Waals surface area contributed by atoms with Crippen molar-refractivity contribution < 1.29 is 0 Å². The van der Waals surface area contributed by atoms with Gasteiger partial charge in [-0.2, -0.15) is 0 Å². The lowest BCUT2D eigenvalue weighted by Gasteiger charge is -2.12. The van der Waals surface area contributed by atoms with Gasteiger partial charge < -0.3 is 4.57 Å². The third-order valence-corrected chi connectivity index (χ3v) is 8.68. The molecular formula is C40H25N3. The summed E-state index contributed by atoms with van der Waals surface area (Å²) in [5.41, 5.74) is 9.24. The van der Waals surface area contributed by atoms with E-state index in [1.807, 2.05) is 30.7 Å². The summed E-state index contributed by atoms with van der Waals surface area (Å²) in [5, 5.41) is 8.43. The molecule has 0 saturated heterocycles. The van der Waals surface area contributed by atoms with Gasteiger partial charge >= 0.3 is 0 Å². The first-order valence-electron chi connectivity index (χ1n) is 14.6. The first-order valence-corrected chi connectivity index (χ1v) is 14.6. The predicted molar refractivity (Wildman–Crippen MR) is 180 cm³/mol. The lowest BCUT2D eigenvalue weighted by molar-refractivity contribution is 1.20. The maximum absolute atomic E-state index is 4.89. The van der Waals surface area contributed by atoms with E-state index in [9.17, 15) is 0 Å². The van der Waals surface area contributed by atoms with Crippen LogP contribution in [0.1, 0.15) is 0 Å². The Morgan fingerprint density at radius 3 is 2.00 bits per heavy atom. The fourth-order valence-corrected chi connectivity index (χ4v) is 6.63. The van der Waals surface area contributed by atoms with Crippen molar-refractivity contribution in [1.82, 2.24) is 14.5 Å². The van der Waals surface area contributed by atoms with E-state index < -0.39 is 0 Å².